The van der Waals surface area contributed by atoms with Crippen LogP contribution in [0.15, 0.2) is 30.3 Å². The number of hydrogen-bond donors (Lipinski definition) is 2. The zero-order valence-electron chi connectivity index (χ0n) is 17.1. The molecule has 7 rings (SSSR count). The molecule has 4 bridgehead atoms. The summed E-state index contributed by atoms with van der Waals surface area (Å²) in [5.74, 6) is 3.79. The second kappa shape index (κ2) is 6.72. The normalized spacial score (nSPS) is 32.9. The molecule has 1 aromatic heterocycles. The number of hydrogen-bond acceptors (Lipinski definition) is 3. The molecule has 5 aliphatic carbocycles. The summed E-state index contributed by atoms with van der Waals surface area (Å²) >= 11 is 0. The average molecular weight is 390 g/mol. The highest BCUT2D eigenvalue weighted by molar-refractivity contribution is 6.01. The van der Waals surface area contributed by atoms with Crippen molar-refractivity contribution in [1.29, 1.82) is 0 Å². The minimum atomic E-state index is 0.191. The van der Waals surface area contributed by atoms with Crippen molar-refractivity contribution in [3.05, 3.63) is 30.3 Å². The topological polar surface area (TPSA) is 54.0 Å². The van der Waals surface area contributed by atoms with Crippen molar-refractivity contribution in [2.45, 2.75) is 70.3 Å². The number of nitrogens with one attached hydrogen (secondary N) is 2. The summed E-state index contributed by atoms with van der Waals surface area (Å²) in [4.78, 5) is 17.8. The quantitative estimate of drug-likeness (QED) is 0.685. The van der Waals surface area contributed by atoms with E-state index in [1.54, 1.807) is 0 Å². The number of fused-ring (bicyclic) bond motifs is 1. The van der Waals surface area contributed by atoms with E-state index in [1.165, 1.54) is 57.8 Å². The van der Waals surface area contributed by atoms with Gasteiger partial charge in [0.15, 0.2) is 0 Å². The van der Waals surface area contributed by atoms with Gasteiger partial charge in [0, 0.05) is 17.8 Å². The van der Waals surface area contributed by atoms with Crippen LogP contribution in [0.5, 0.6) is 0 Å². The third-order valence-corrected chi connectivity index (χ3v) is 8.16. The molecule has 2 aromatic rings. The summed E-state index contributed by atoms with van der Waals surface area (Å²) < 4.78 is 0. The molecule has 152 valence electrons. The minimum absolute atomic E-state index is 0.191. The van der Waals surface area contributed by atoms with Crippen molar-refractivity contribution < 1.29 is 4.79 Å². The van der Waals surface area contributed by atoms with Crippen molar-refractivity contribution in [3.8, 4) is 0 Å². The summed E-state index contributed by atoms with van der Waals surface area (Å²) in [6.45, 7) is 0. The zero-order valence-corrected chi connectivity index (χ0v) is 17.1. The fourth-order valence-corrected chi connectivity index (χ4v) is 7.15. The average Bonchev–Trinajstić information content (AvgIpc) is 2.63. The molecule has 0 unspecified atom stereocenters. The van der Waals surface area contributed by atoms with Crippen LogP contribution in [0.25, 0.3) is 10.9 Å². The van der Waals surface area contributed by atoms with Crippen LogP contribution in [0, 0.1) is 23.2 Å². The maximum absolute atomic E-state index is 13.1. The Kier molecular flexibility index (Phi) is 4.11. The Hall–Kier alpha value is -2.10. The molecule has 4 heteroatoms. The number of anilines is 2. The lowest BCUT2D eigenvalue weighted by Crippen LogP contribution is -2.47. The van der Waals surface area contributed by atoms with Gasteiger partial charge in [-0.05, 0) is 105 Å². The summed E-state index contributed by atoms with van der Waals surface area (Å²) in [5.41, 5.74) is 2.13. The largest absolute Gasteiger partial charge is 0.367 e. The van der Waals surface area contributed by atoms with E-state index in [0.717, 1.165) is 40.2 Å². The molecule has 1 aromatic carbocycles. The van der Waals surface area contributed by atoms with E-state index in [2.05, 4.69) is 22.8 Å². The number of pyridine rings is 1. The number of aromatic nitrogens is 1. The maximum Gasteiger partial charge on any atom is 0.224 e. The SMILES string of the molecule is O=C(CC12CC3CC(CC(C3)C1)C2)Nc1cccc2nc(NC3CCC3)ccc12. The van der Waals surface area contributed by atoms with Gasteiger partial charge in [-0.2, -0.15) is 0 Å². The number of amides is 1. The molecule has 0 radical (unpaired) electrons. The highest BCUT2D eigenvalue weighted by Crippen LogP contribution is 2.61. The Morgan fingerprint density at radius 1 is 1.00 bits per heavy atom. The number of rotatable bonds is 5. The Morgan fingerprint density at radius 2 is 1.72 bits per heavy atom. The molecular weight excluding hydrogens is 358 g/mol. The van der Waals surface area contributed by atoms with Crippen molar-refractivity contribution in [1.82, 2.24) is 4.98 Å². The lowest BCUT2D eigenvalue weighted by Gasteiger charge is -2.56. The fraction of sp³-hybridized carbons (Fsp3) is 0.600. The van der Waals surface area contributed by atoms with Crippen molar-refractivity contribution >= 4 is 28.3 Å². The van der Waals surface area contributed by atoms with Crippen molar-refractivity contribution in [2.24, 2.45) is 23.2 Å². The molecule has 2 N–H and O–H groups in total. The lowest BCUT2D eigenvalue weighted by molar-refractivity contribution is -0.124. The summed E-state index contributed by atoms with van der Waals surface area (Å²) in [5, 5.41) is 7.79. The molecule has 0 aliphatic heterocycles. The second-order valence-electron chi connectivity index (χ2n) is 10.5. The van der Waals surface area contributed by atoms with E-state index in [9.17, 15) is 4.79 Å². The molecule has 5 aliphatic rings. The van der Waals surface area contributed by atoms with E-state index in [1.807, 2.05) is 18.2 Å². The molecule has 1 amide bonds. The Balaban J connectivity index is 1.18. The number of carbonyl (C=O) groups is 1. The van der Waals surface area contributed by atoms with Crippen LogP contribution in [0.4, 0.5) is 11.5 Å². The first-order valence-corrected chi connectivity index (χ1v) is 11.6. The first kappa shape index (κ1) is 17.7. The molecule has 29 heavy (non-hydrogen) atoms. The van der Waals surface area contributed by atoms with Gasteiger partial charge in [0.05, 0.1) is 11.2 Å². The van der Waals surface area contributed by atoms with Gasteiger partial charge in [-0.3, -0.25) is 4.79 Å². The fourth-order valence-electron chi connectivity index (χ4n) is 7.15. The summed E-state index contributed by atoms with van der Waals surface area (Å²) in [7, 11) is 0. The van der Waals surface area contributed by atoms with Crippen LogP contribution >= 0.6 is 0 Å². The number of benzene rings is 1. The standard InChI is InChI=1S/C25H31N3O/c29-24(15-25-12-16-9-17(13-25)11-18(10-16)14-25)28-22-6-2-5-21-20(22)7-8-23(27-21)26-19-3-1-4-19/h2,5-8,16-19H,1,3-4,9-15H2,(H,26,27)(H,28,29). The molecule has 5 saturated carbocycles. The van der Waals surface area contributed by atoms with Gasteiger partial charge in [-0.15, -0.1) is 0 Å². The van der Waals surface area contributed by atoms with E-state index >= 15 is 0 Å². The van der Waals surface area contributed by atoms with E-state index in [4.69, 9.17) is 4.98 Å². The van der Waals surface area contributed by atoms with Crippen LogP contribution < -0.4 is 10.6 Å². The third kappa shape index (κ3) is 3.31. The minimum Gasteiger partial charge on any atom is -0.367 e. The second-order valence-corrected chi connectivity index (χ2v) is 10.5. The molecule has 0 saturated heterocycles. The van der Waals surface area contributed by atoms with Crippen molar-refractivity contribution in [2.75, 3.05) is 10.6 Å². The van der Waals surface area contributed by atoms with Gasteiger partial charge in [-0.1, -0.05) is 6.07 Å². The zero-order chi connectivity index (χ0) is 19.4. The predicted octanol–water partition coefficient (Wildman–Crippen LogP) is 5.74. The number of nitrogens with zero attached hydrogens (tertiary/aromatic N) is 1. The highest BCUT2D eigenvalue weighted by Gasteiger charge is 2.51. The van der Waals surface area contributed by atoms with E-state index < -0.39 is 0 Å². The third-order valence-electron chi connectivity index (χ3n) is 8.16. The molecule has 1 heterocycles. The van der Waals surface area contributed by atoms with Crippen LogP contribution in [-0.2, 0) is 4.79 Å². The van der Waals surface area contributed by atoms with Gasteiger partial charge in [0.2, 0.25) is 5.91 Å². The van der Waals surface area contributed by atoms with Crippen LogP contribution in [-0.4, -0.2) is 16.9 Å². The van der Waals surface area contributed by atoms with Gasteiger partial charge >= 0.3 is 0 Å². The first-order chi connectivity index (χ1) is 14.1. The lowest BCUT2D eigenvalue weighted by atomic mass is 9.49. The number of carbonyl (C=O) groups excluding carboxylic acids is 1. The maximum atomic E-state index is 13.1. The molecule has 5 fully saturated rings. The van der Waals surface area contributed by atoms with Gasteiger partial charge in [-0.25, -0.2) is 4.98 Å². The van der Waals surface area contributed by atoms with Crippen LogP contribution in [0.3, 0.4) is 0 Å². The first-order valence-electron chi connectivity index (χ1n) is 11.6. The molecule has 0 spiro atoms. The van der Waals surface area contributed by atoms with E-state index in [0.29, 0.717) is 12.5 Å². The Bertz CT molecular complexity index is 913. The van der Waals surface area contributed by atoms with Gasteiger partial charge < -0.3 is 10.6 Å². The van der Waals surface area contributed by atoms with Crippen LogP contribution in [0.2, 0.25) is 0 Å². The molecular formula is C25H31N3O. The predicted molar refractivity (Wildman–Crippen MR) is 117 cm³/mol. The van der Waals surface area contributed by atoms with Gasteiger partial charge in [0.1, 0.15) is 5.82 Å². The summed E-state index contributed by atoms with van der Waals surface area (Å²) in [6, 6.07) is 10.8. The Labute approximate surface area is 172 Å². The van der Waals surface area contributed by atoms with Crippen molar-refractivity contribution in [3.63, 3.8) is 0 Å². The molecule has 0 atom stereocenters. The monoisotopic (exact) mass is 389 g/mol. The highest BCUT2D eigenvalue weighted by atomic mass is 16.1. The van der Waals surface area contributed by atoms with Gasteiger partial charge in [0.25, 0.3) is 0 Å². The van der Waals surface area contributed by atoms with Crippen LogP contribution in [0.1, 0.15) is 64.2 Å². The summed E-state index contributed by atoms with van der Waals surface area (Å²) in [6.07, 6.45) is 12.6. The van der Waals surface area contributed by atoms with E-state index in [-0.39, 0.29) is 11.3 Å². The smallest absolute Gasteiger partial charge is 0.224 e. The molecule has 4 nitrogen and oxygen atoms in total. The Morgan fingerprint density at radius 3 is 2.38 bits per heavy atom.